The molecule has 0 aliphatic rings. The second-order valence-corrected chi connectivity index (χ2v) is 9.44. The highest BCUT2D eigenvalue weighted by Gasteiger charge is 2.17. The summed E-state index contributed by atoms with van der Waals surface area (Å²) in [5.74, 6) is 1.94. The van der Waals surface area contributed by atoms with Gasteiger partial charge in [0.1, 0.15) is 5.82 Å². The van der Waals surface area contributed by atoms with Gasteiger partial charge in [-0.05, 0) is 71.6 Å². The van der Waals surface area contributed by atoms with E-state index in [0.717, 1.165) is 27.4 Å². The van der Waals surface area contributed by atoms with Crippen LogP contribution in [-0.4, -0.2) is 29.1 Å². The van der Waals surface area contributed by atoms with Gasteiger partial charge in [-0.1, -0.05) is 36.7 Å². The number of aromatic nitrogens is 2. The Balaban J connectivity index is 2.10. The predicted molar refractivity (Wildman–Crippen MR) is 136 cm³/mol. The second-order valence-electron chi connectivity index (χ2n) is 7.67. The molecule has 8 heteroatoms. The van der Waals surface area contributed by atoms with Gasteiger partial charge in [0.25, 0.3) is 5.56 Å². The van der Waals surface area contributed by atoms with Crippen LogP contribution in [-0.2, 0) is 0 Å². The summed E-state index contributed by atoms with van der Waals surface area (Å²) >= 11 is 7.01. The van der Waals surface area contributed by atoms with Gasteiger partial charge in [0, 0.05) is 10.4 Å². The van der Waals surface area contributed by atoms with E-state index in [9.17, 15) is 4.79 Å². The number of nitrogens with zero attached hydrogens (tertiary/aromatic N) is 3. The second kappa shape index (κ2) is 10.6. The lowest BCUT2D eigenvalue weighted by atomic mass is 10.1. The van der Waals surface area contributed by atoms with Crippen molar-refractivity contribution in [1.82, 2.24) is 9.66 Å². The van der Waals surface area contributed by atoms with E-state index in [2.05, 4.69) is 50.8 Å². The van der Waals surface area contributed by atoms with E-state index in [4.69, 9.17) is 14.5 Å². The van der Waals surface area contributed by atoms with Crippen LogP contribution < -0.4 is 15.0 Å². The molecule has 1 heterocycles. The molecule has 2 atom stereocenters. The van der Waals surface area contributed by atoms with Crippen LogP contribution in [0, 0.1) is 0 Å². The van der Waals surface area contributed by atoms with Crippen molar-refractivity contribution in [2.75, 3.05) is 7.11 Å². The van der Waals surface area contributed by atoms with Gasteiger partial charge in [0.05, 0.1) is 34.8 Å². The van der Waals surface area contributed by atoms with Crippen LogP contribution in [0.5, 0.6) is 11.5 Å². The minimum atomic E-state index is -0.203. The maximum absolute atomic E-state index is 13.3. The predicted octanol–water partition coefficient (Wildman–Crippen LogP) is 6.50. The molecule has 0 unspecified atom stereocenters. The standard InChI is InChI=1S/C24H27Br2N3O3/c1-6-14(3)23-28-20-9-8-17(25)12-18(20)24(30)29(23)27-13-16-10-19(26)22(21(11-16)31-5)32-15(4)7-2/h8-15H,6-7H2,1-5H3/t14-,15-/m1/s1. The zero-order valence-electron chi connectivity index (χ0n) is 18.9. The molecule has 3 rings (SSSR count). The number of methoxy groups -OCH3 is 1. The van der Waals surface area contributed by atoms with E-state index < -0.39 is 0 Å². The summed E-state index contributed by atoms with van der Waals surface area (Å²) in [6.45, 7) is 8.18. The van der Waals surface area contributed by atoms with Crippen molar-refractivity contribution in [1.29, 1.82) is 0 Å². The minimum Gasteiger partial charge on any atom is -0.493 e. The summed E-state index contributed by atoms with van der Waals surface area (Å²) in [7, 11) is 1.60. The van der Waals surface area contributed by atoms with Crippen LogP contribution in [0.15, 0.2) is 49.2 Å². The summed E-state index contributed by atoms with van der Waals surface area (Å²) in [6, 6.07) is 9.24. The zero-order chi connectivity index (χ0) is 23.4. The van der Waals surface area contributed by atoms with Crippen molar-refractivity contribution in [2.45, 2.75) is 52.6 Å². The smallest absolute Gasteiger partial charge is 0.282 e. The molecule has 0 radical (unpaired) electrons. The number of hydrogen-bond acceptors (Lipinski definition) is 5. The van der Waals surface area contributed by atoms with E-state index in [-0.39, 0.29) is 17.6 Å². The SMILES string of the molecule is CC[C@@H](C)Oc1c(Br)cc(C=Nn2c([C@H](C)CC)nc3ccc(Br)cc3c2=O)cc1OC. The third-order valence-corrected chi connectivity index (χ3v) is 6.44. The van der Waals surface area contributed by atoms with Crippen molar-refractivity contribution in [2.24, 2.45) is 5.10 Å². The van der Waals surface area contributed by atoms with Crippen LogP contribution in [0.4, 0.5) is 0 Å². The van der Waals surface area contributed by atoms with Crippen molar-refractivity contribution in [3.63, 3.8) is 0 Å². The molecule has 0 saturated carbocycles. The van der Waals surface area contributed by atoms with E-state index >= 15 is 0 Å². The van der Waals surface area contributed by atoms with Crippen molar-refractivity contribution >= 4 is 49.0 Å². The van der Waals surface area contributed by atoms with Gasteiger partial charge in [0.2, 0.25) is 0 Å². The van der Waals surface area contributed by atoms with Crippen molar-refractivity contribution < 1.29 is 9.47 Å². The van der Waals surface area contributed by atoms with Gasteiger partial charge >= 0.3 is 0 Å². The molecule has 0 saturated heterocycles. The zero-order valence-corrected chi connectivity index (χ0v) is 22.0. The number of hydrogen-bond donors (Lipinski definition) is 0. The normalized spacial score (nSPS) is 13.5. The average molecular weight is 565 g/mol. The topological polar surface area (TPSA) is 65.7 Å². The van der Waals surface area contributed by atoms with Crippen LogP contribution in [0.3, 0.4) is 0 Å². The maximum atomic E-state index is 13.3. The summed E-state index contributed by atoms with van der Waals surface area (Å²) in [6.07, 6.45) is 3.41. The number of benzene rings is 2. The molecule has 0 N–H and O–H groups in total. The summed E-state index contributed by atoms with van der Waals surface area (Å²) in [5, 5.41) is 5.05. The molecule has 6 nitrogen and oxygen atoms in total. The number of halogens is 2. The first-order valence-electron chi connectivity index (χ1n) is 10.6. The Bertz CT molecular complexity index is 1210. The van der Waals surface area contributed by atoms with Crippen LogP contribution >= 0.6 is 31.9 Å². The van der Waals surface area contributed by atoms with Gasteiger partial charge < -0.3 is 9.47 Å². The van der Waals surface area contributed by atoms with Gasteiger partial charge in [0.15, 0.2) is 11.5 Å². The van der Waals surface area contributed by atoms with Crippen LogP contribution in [0.25, 0.3) is 10.9 Å². The fraction of sp³-hybridized carbons (Fsp3) is 0.375. The molecule has 0 fully saturated rings. The highest BCUT2D eigenvalue weighted by atomic mass is 79.9. The molecule has 0 spiro atoms. The third kappa shape index (κ3) is 5.23. The Morgan fingerprint density at radius 2 is 1.91 bits per heavy atom. The van der Waals surface area contributed by atoms with E-state index in [1.165, 1.54) is 4.68 Å². The Morgan fingerprint density at radius 3 is 2.56 bits per heavy atom. The van der Waals surface area contributed by atoms with Gasteiger partial charge in [-0.25, -0.2) is 4.98 Å². The van der Waals surface area contributed by atoms with Crippen molar-refractivity contribution in [3.05, 3.63) is 61.0 Å². The van der Waals surface area contributed by atoms with Crippen molar-refractivity contribution in [3.8, 4) is 11.5 Å². The third-order valence-electron chi connectivity index (χ3n) is 5.35. The van der Waals surface area contributed by atoms with Crippen LogP contribution in [0.2, 0.25) is 0 Å². The molecular weight excluding hydrogens is 538 g/mol. The molecular formula is C24H27Br2N3O3. The summed E-state index contributed by atoms with van der Waals surface area (Å²) < 4.78 is 14.5. The molecule has 0 bridgehead atoms. The van der Waals surface area contributed by atoms with Gasteiger partial charge in [-0.3, -0.25) is 4.79 Å². The largest absolute Gasteiger partial charge is 0.493 e. The minimum absolute atomic E-state index is 0.0550. The Kier molecular flexibility index (Phi) is 8.11. The number of rotatable bonds is 8. The molecule has 1 aromatic heterocycles. The molecule has 3 aromatic rings. The lowest BCUT2D eigenvalue weighted by Gasteiger charge is -2.17. The summed E-state index contributed by atoms with van der Waals surface area (Å²) in [4.78, 5) is 18.0. The fourth-order valence-electron chi connectivity index (χ4n) is 3.12. The Morgan fingerprint density at radius 1 is 1.16 bits per heavy atom. The fourth-order valence-corrected chi connectivity index (χ4v) is 4.03. The van der Waals surface area contributed by atoms with E-state index in [0.29, 0.717) is 28.2 Å². The first kappa shape index (κ1) is 24.5. The Labute approximate surface area is 204 Å². The van der Waals surface area contributed by atoms with Gasteiger partial charge in [-0.2, -0.15) is 9.78 Å². The van der Waals surface area contributed by atoms with Crippen LogP contribution in [0.1, 0.15) is 57.8 Å². The first-order chi connectivity index (χ1) is 15.3. The quantitative estimate of drug-likeness (QED) is 0.293. The average Bonchev–Trinajstić information content (AvgIpc) is 2.79. The molecule has 0 aliphatic carbocycles. The molecule has 0 aliphatic heterocycles. The number of ether oxygens (including phenoxy) is 2. The lowest BCUT2D eigenvalue weighted by molar-refractivity contribution is 0.206. The summed E-state index contributed by atoms with van der Waals surface area (Å²) in [5.41, 5.74) is 1.23. The molecule has 32 heavy (non-hydrogen) atoms. The lowest BCUT2D eigenvalue weighted by Crippen LogP contribution is -2.23. The molecule has 170 valence electrons. The number of fused-ring (bicyclic) bond motifs is 1. The highest BCUT2D eigenvalue weighted by molar-refractivity contribution is 9.10. The molecule has 2 aromatic carbocycles. The van der Waals surface area contributed by atoms with Gasteiger partial charge in [-0.15, -0.1) is 0 Å². The molecule has 0 amide bonds. The van der Waals surface area contributed by atoms with E-state index in [1.807, 2.05) is 38.1 Å². The van der Waals surface area contributed by atoms with E-state index in [1.54, 1.807) is 19.4 Å². The maximum Gasteiger partial charge on any atom is 0.282 e. The Hall–Kier alpha value is -2.19. The monoisotopic (exact) mass is 563 g/mol. The first-order valence-corrected chi connectivity index (χ1v) is 12.2. The highest BCUT2D eigenvalue weighted by Crippen LogP contribution is 2.37.